The number of ether oxygens (including phenoxy) is 2. The van der Waals surface area contributed by atoms with Gasteiger partial charge in [0.05, 0.1) is 14.2 Å². The summed E-state index contributed by atoms with van der Waals surface area (Å²) < 4.78 is 12.3. The summed E-state index contributed by atoms with van der Waals surface area (Å²) in [4.78, 5) is 1.36. The molecule has 7 aromatic rings. The number of fused-ring (bicyclic) bond motifs is 1. The quantitative estimate of drug-likeness (QED) is 0.188. The first-order valence-electron chi connectivity index (χ1n) is 14.9. The summed E-state index contributed by atoms with van der Waals surface area (Å²) in [7, 11) is 3.31. The monoisotopic (exact) mass is 604 g/mol. The number of rotatable bonds is 8. The van der Waals surface area contributed by atoms with Gasteiger partial charge < -0.3 is 14.6 Å². The highest BCUT2D eigenvalue weighted by atomic mass is 32.1. The molecule has 220 valence electrons. The molecule has 0 saturated carbocycles. The fraction of sp³-hybridized carbons (Fsp3) is 0.0732. The third-order valence-corrected chi connectivity index (χ3v) is 9.42. The highest BCUT2D eigenvalue weighted by Gasteiger charge is 2.18. The second-order valence-corrected chi connectivity index (χ2v) is 12.2. The van der Waals surface area contributed by atoms with Gasteiger partial charge in [0.15, 0.2) is 0 Å². The predicted molar refractivity (Wildman–Crippen MR) is 188 cm³/mol. The minimum atomic E-state index is 0.215. The molecule has 4 heteroatoms. The van der Waals surface area contributed by atoms with Gasteiger partial charge in [0.2, 0.25) is 0 Å². The Hall–Kier alpha value is -5.32. The molecule has 0 aliphatic carbocycles. The molecule has 0 radical (unpaired) electrons. The maximum Gasteiger partial charge on any atom is 0.131 e. The largest absolute Gasteiger partial charge is 0.507 e. The van der Waals surface area contributed by atoms with Crippen molar-refractivity contribution < 1.29 is 14.6 Å². The maximum absolute atomic E-state index is 11.6. The number of aromatic hydroxyl groups is 1. The predicted octanol–water partition coefficient (Wildman–Crippen LogP) is 10.9. The molecule has 0 unspecified atom stereocenters. The van der Waals surface area contributed by atoms with Crippen molar-refractivity contribution in [2.45, 2.75) is 6.42 Å². The zero-order valence-corrected chi connectivity index (χ0v) is 26.0. The molecule has 1 aromatic heterocycles. The minimum absolute atomic E-state index is 0.215. The summed E-state index contributed by atoms with van der Waals surface area (Å²) in [5.41, 5.74) is 9.11. The van der Waals surface area contributed by atoms with E-state index < -0.39 is 0 Å². The van der Waals surface area contributed by atoms with Gasteiger partial charge in [0, 0.05) is 38.1 Å². The van der Waals surface area contributed by atoms with Gasteiger partial charge in [-0.25, -0.2) is 0 Å². The second-order valence-electron chi connectivity index (χ2n) is 11.0. The lowest BCUT2D eigenvalue weighted by molar-refractivity contribution is 0.415. The summed E-state index contributed by atoms with van der Waals surface area (Å²) in [6.45, 7) is 0. The van der Waals surface area contributed by atoms with Gasteiger partial charge in [-0.1, -0.05) is 97.1 Å². The van der Waals surface area contributed by atoms with Crippen molar-refractivity contribution in [2.75, 3.05) is 14.2 Å². The molecule has 3 nitrogen and oxygen atoms in total. The molecule has 45 heavy (non-hydrogen) atoms. The van der Waals surface area contributed by atoms with Gasteiger partial charge in [-0.05, 0) is 75.8 Å². The van der Waals surface area contributed by atoms with Crippen LogP contribution in [0.5, 0.6) is 17.2 Å². The van der Waals surface area contributed by atoms with E-state index in [4.69, 9.17) is 9.47 Å². The molecule has 7 rings (SSSR count). The molecule has 0 saturated heterocycles. The van der Waals surface area contributed by atoms with Gasteiger partial charge >= 0.3 is 0 Å². The van der Waals surface area contributed by atoms with Crippen molar-refractivity contribution in [3.63, 3.8) is 0 Å². The van der Waals surface area contributed by atoms with Crippen LogP contribution in [0.15, 0.2) is 140 Å². The van der Waals surface area contributed by atoms with E-state index in [9.17, 15) is 5.11 Å². The van der Waals surface area contributed by atoms with Crippen molar-refractivity contribution in [1.82, 2.24) is 0 Å². The van der Waals surface area contributed by atoms with Crippen LogP contribution in [0, 0.1) is 0 Å². The topological polar surface area (TPSA) is 38.7 Å². The molecule has 1 N–H and O–H groups in total. The maximum atomic E-state index is 11.6. The lowest BCUT2D eigenvalue weighted by Gasteiger charge is -2.16. The van der Waals surface area contributed by atoms with Crippen LogP contribution < -0.4 is 9.47 Å². The van der Waals surface area contributed by atoms with Crippen LogP contribution in [-0.4, -0.2) is 19.3 Å². The number of hydrogen-bond acceptors (Lipinski definition) is 4. The molecule has 0 amide bonds. The Kier molecular flexibility index (Phi) is 7.81. The number of benzene rings is 6. The molecule has 0 aliphatic rings. The molecule has 0 spiro atoms. The Bertz CT molecular complexity index is 2040. The van der Waals surface area contributed by atoms with Crippen LogP contribution in [0.4, 0.5) is 0 Å². The van der Waals surface area contributed by atoms with Crippen molar-refractivity contribution in [2.24, 2.45) is 0 Å². The Balaban J connectivity index is 1.35. The first-order chi connectivity index (χ1) is 22.1. The van der Waals surface area contributed by atoms with E-state index in [1.807, 2.05) is 59.9 Å². The van der Waals surface area contributed by atoms with Gasteiger partial charge in [-0.3, -0.25) is 0 Å². The van der Waals surface area contributed by atoms with Crippen LogP contribution in [0.1, 0.15) is 10.4 Å². The van der Waals surface area contributed by atoms with Gasteiger partial charge in [-0.15, -0.1) is 11.3 Å². The average Bonchev–Trinajstić information content (AvgIpc) is 3.46. The van der Waals surface area contributed by atoms with Crippen molar-refractivity contribution in [3.8, 4) is 61.8 Å². The van der Waals surface area contributed by atoms with Crippen molar-refractivity contribution >= 4 is 21.4 Å². The van der Waals surface area contributed by atoms with Crippen molar-refractivity contribution in [3.05, 3.63) is 150 Å². The van der Waals surface area contributed by atoms with Gasteiger partial charge in [0.25, 0.3) is 0 Å². The molecular formula is C41H32O3S. The zero-order chi connectivity index (χ0) is 30.8. The molecule has 0 bridgehead atoms. The van der Waals surface area contributed by atoms with Crippen LogP contribution in [-0.2, 0) is 6.42 Å². The number of methoxy groups -OCH3 is 2. The fourth-order valence-electron chi connectivity index (χ4n) is 5.97. The molecule has 0 fully saturated rings. The van der Waals surface area contributed by atoms with Crippen LogP contribution in [0.2, 0.25) is 0 Å². The molecule has 6 aromatic carbocycles. The Labute approximate surface area is 267 Å². The van der Waals surface area contributed by atoms with E-state index >= 15 is 0 Å². The second kappa shape index (κ2) is 12.4. The third kappa shape index (κ3) is 5.68. The van der Waals surface area contributed by atoms with E-state index in [0.717, 1.165) is 51.3 Å². The normalized spacial score (nSPS) is 11.1. The molecule has 0 aliphatic heterocycles. The molecular weight excluding hydrogens is 573 g/mol. The fourth-order valence-corrected chi connectivity index (χ4v) is 7.23. The summed E-state index contributed by atoms with van der Waals surface area (Å²) in [6.07, 6.45) is 0.892. The molecule has 1 heterocycles. The highest BCUT2D eigenvalue weighted by Crippen LogP contribution is 2.44. The third-order valence-electron chi connectivity index (χ3n) is 8.25. The van der Waals surface area contributed by atoms with Crippen LogP contribution in [0.3, 0.4) is 0 Å². The van der Waals surface area contributed by atoms with Crippen molar-refractivity contribution in [1.29, 1.82) is 0 Å². The highest BCUT2D eigenvalue weighted by molar-refractivity contribution is 7.19. The number of phenols is 1. The Morgan fingerprint density at radius 1 is 0.533 bits per heavy atom. The summed E-state index contributed by atoms with van der Waals surface area (Å²) >= 11 is 1.87. The van der Waals surface area contributed by atoms with Gasteiger partial charge in [-0.2, -0.15) is 0 Å². The number of hydrogen-bond donors (Lipinski definition) is 1. The van der Waals surface area contributed by atoms with E-state index in [1.54, 1.807) is 14.2 Å². The van der Waals surface area contributed by atoms with Crippen LogP contribution in [0.25, 0.3) is 54.6 Å². The van der Waals surface area contributed by atoms with Gasteiger partial charge in [0.1, 0.15) is 17.2 Å². The summed E-state index contributed by atoms with van der Waals surface area (Å²) in [5, 5.41) is 12.9. The smallest absolute Gasteiger partial charge is 0.131 e. The zero-order valence-electron chi connectivity index (χ0n) is 25.2. The van der Waals surface area contributed by atoms with E-state index in [-0.39, 0.29) is 5.75 Å². The van der Waals surface area contributed by atoms with E-state index in [1.165, 1.54) is 31.7 Å². The summed E-state index contributed by atoms with van der Waals surface area (Å²) in [6, 6.07) is 47.9. The lowest BCUT2D eigenvalue weighted by Crippen LogP contribution is -1.91. The molecule has 0 atom stereocenters. The Morgan fingerprint density at radius 2 is 1.11 bits per heavy atom. The first kappa shape index (κ1) is 28.5. The summed E-state index contributed by atoms with van der Waals surface area (Å²) in [5.74, 6) is 1.69. The minimum Gasteiger partial charge on any atom is -0.507 e. The van der Waals surface area contributed by atoms with E-state index in [2.05, 4.69) is 91.0 Å². The van der Waals surface area contributed by atoms with Crippen LogP contribution >= 0.6 is 11.3 Å². The number of phenolic OH excluding ortho intramolecular Hbond substituents is 1. The standard InChI is InChI=1S/C41H32O3S/c1-43-33-14-8-12-30(23-33)36-25-32(26-37(41(36)42)31-13-9-15-34(24-31)44-2)28-18-20-29(21-19-28)40-35-16-6-7-17-38(35)45-39(40)22-27-10-4-3-5-11-27/h3-21,23-26,42H,22H2,1-2H3. The SMILES string of the molecule is COc1cccc(-c2cc(-c3ccc(-c4c(Cc5ccccc5)sc5ccccc45)cc3)cc(-c3cccc(OC)c3)c2O)c1. The lowest BCUT2D eigenvalue weighted by atomic mass is 9.91. The average molecular weight is 605 g/mol. The van der Waals surface area contributed by atoms with E-state index in [0.29, 0.717) is 0 Å². The Morgan fingerprint density at radius 3 is 1.73 bits per heavy atom. The number of thiophene rings is 1. The first-order valence-corrected chi connectivity index (χ1v) is 15.7.